The van der Waals surface area contributed by atoms with Crippen LogP contribution < -0.4 is 4.90 Å². The quantitative estimate of drug-likeness (QED) is 0.744. The maximum absolute atomic E-state index is 9.21. The van der Waals surface area contributed by atoms with E-state index < -0.39 is 0 Å². The zero-order valence-corrected chi connectivity index (χ0v) is 9.19. The lowest BCUT2D eigenvalue weighted by Crippen LogP contribution is -2.28. The van der Waals surface area contributed by atoms with Gasteiger partial charge < -0.3 is 15.1 Å². The number of anilines is 1. The Morgan fingerprint density at radius 2 is 1.87 bits per heavy atom. The molecule has 0 fully saturated rings. The van der Waals surface area contributed by atoms with Gasteiger partial charge in [-0.3, -0.25) is 0 Å². The molecule has 0 saturated heterocycles. The van der Waals surface area contributed by atoms with E-state index in [1.165, 1.54) is 0 Å². The third-order valence-electron chi connectivity index (χ3n) is 2.37. The fourth-order valence-electron chi connectivity index (χ4n) is 1.70. The Morgan fingerprint density at radius 1 is 1.13 bits per heavy atom. The van der Waals surface area contributed by atoms with Crippen molar-refractivity contribution in [1.82, 2.24) is 0 Å². The van der Waals surface area contributed by atoms with Crippen LogP contribution in [0.4, 0.5) is 5.69 Å². The van der Waals surface area contributed by atoms with Crippen molar-refractivity contribution in [2.75, 3.05) is 24.6 Å². The summed E-state index contributed by atoms with van der Waals surface area (Å²) in [5.41, 5.74) is 1.94. The van der Waals surface area contributed by atoms with Gasteiger partial charge in [0.15, 0.2) is 0 Å². The van der Waals surface area contributed by atoms with Gasteiger partial charge in [0.1, 0.15) is 0 Å². The highest BCUT2D eigenvalue weighted by molar-refractivity contribution is 5.53. The molecule has 0 bridgehead atoms. The van der Waals surface area contributed by atoms with Gasteiger partial charge in [-0.2, -0.15) is 0 Å². The highest BCUT2D eigenvalue weighted by Gasteiger charge is 2.08. The van der Waals surface area contributed by atoms with Crippen LogP contribution >= 0.6 is 0 Å². The molecular weight excluding hydrogens is 190 g/mol. The van der Waals surface area contributed by atoms with Gasteiger partial charge in [0, 0.05) is 24.3 Å². The Bertz CT molecular complexity index is 283. The molecule has 0 unspecified atom stereocenters. The molecule has 0 aromatic heterocycles. The Hall–Kier alpha value is -1.06. The van der Waals surface area contributed by atoms with Gasteiger partial charge in [0.05, 0.1) is 13.2 Å². The summed E-state index contributed by atoms with van der Waals surface area (Å²) in [5, 5.41) is 18.2. The van der Waals surface area contributed by atoms with E-state index in [9.17, 15) is 5.11 Å². The van der Waals surface area contributed by atoms with Gasteiger partial charge in [0.2, 0.25) is 0 Å². The fourth-order valence-corrected chi connectivity index (χ4v) is 1.70. The molecule has 0 heterocycles. The van der Waals surface area contributed by atoms with Gasteiger partial charge in [-0.05, 0) is 12.5 Å². The highest BCUT2D eigenvalue weighted by atomic mass is 16.3. The van der Waals surface area contributed by atoms with Crippen molar-refractivity contribution in [3.05, 3.63) is 29.8 Å². The van der Waals surface area contributed by atoms with E-state index in [2.05, 4.69) is 11.8 Å². The summed E-state index contributed by atoms with van der Waals surface area (Å²) >= 11 is 0. The van der Waals surface area contributed by atoms with Crippen molar-refractivity contribution in [3.63, 3.8) is 0 Å². The van der Waals surface area contributed by atoms with Crippen molar-refractivity contribution in [1.29, 1.82) is 0 Å². The molecule has 3 nitrogen and oxygen atoms in total. The normalized spacial score (nSPS) is 10.3. The molecule has 0 amide bonds. The second-order valence-electron chi connectivity index (χ2n) is 3.50. The highest BCUT2D eigenvalue weighted by Crippen LogP contribution is 2.20. The van der Waals surface area contributed by atoms with Crippen LogP contribution in [0, 0.1) is 0 Å². The SMILES string of the molecule is CCCN(CCO)c1ccccc1CO. The molecule has 1 aromatic carbocycles. The number of hydrogen-bond donors (Lipinski definition) is 2. The summed E-state index contributed by atoms with van der Waals surface area (Å²) in [5.74, 6) is 0. The number of aliphatic hydroxyl groups is 2. The van der Waals surface area contributed by atoms with Crippen molar-refractivity contribution < 1.29 is 10.2 Å². The van der Waals surface area contributed by atoms with Crippen LogP contribution in [0.2, 0.25) is 0 Å². The monoisotopic (exact) mass is 209 g/mol. The summed E-state index contributed by atoms with van der Waals surface area (Å²) in [6, 6.07) is 7.76. The molecule has 84 valence electrons. The number of aliphatic hydroxyl groups excluding tert-OH is 2. The maximum atomic E-state index is 9.21. The summed E-state index contributed by atoms with van der Waals surface area (Å²) in [4.78, 5) is 2.10. The third-order valence-corrected chi connectivity index (χ3v) is 2.37. The number of nitrogens with zero attached hydrogens (tertiary/aromatic N) is 1. The Balaban J connectivity index is 2.88. The van der Waals surface area contributed by atoms with Crippen molar-refractivity contribution >= 4 is 5.69 Å². The maximum Gasteiger partial charge on any atom is 0.0702 e. The predicted octanol–water partition coefficient (Wildman–Crippen LogP) is 1.39. The first kappa shape index (κ1) is 12.0. The summed E-state index contributed by atoms with van der Waals surface area (Å²) in [6.45, 7) is 3.80. The summed E-state index contributed by atoms with van der Waals surface area (Å²) < 4.78 is 0. The number of hydrogen-bond acceptors (Lipinski definition) is 3. The molecule has 0 atom stereocenters. The summed E-state index contributed by atoms with van der Waals surface area (Å²) in [7, 11) is 0. The van der Waals surface area contributed by atoms with Crippen LogP contribution in [0.3, 0.4) is 0 Å². The van der Waals surface area contributed by atoms with E-state index >= 15 is 0 Å². The first-order valence-corrected chi connectivity index (χ1v) is 5.38. The number of benzene rings is 1. The van der Waals surface area contributed by atoms with Gasteiger partial charge in [0.25, 0.3) is 0 Å². The fraction of sp³-hybridized carbons (Fsp3) is 0.500. The molecule has 0 aliphatic carbocycles. The molecule has 15 heavy (non-hydrogen) atoms. The molecular formula is C12H19NO2. The minimum atomic E-state index is 0.0435. The predicted molar refractivity (Wildman–Crippen MR) is 62.0 cm³/mol. The van der Waals surface area contributed by atoms with Crippen molar-refractivity contribution in [3.8, 4) is 0 Å². The Kier molecular flexibility index (Phi) is 5.15. The van der Waals surface area contributed by atoms with Gasteiger partial charge >= 0.3 is 0 Å². The van der Waals surface area contributed by atoms with Gasteiger partial charge in [-0.1, -0.05) is 25.1 Å². The zero-order chi connectivity index (χ0) is 11.1. The van der Waals surface area contributed by atoms with E-state index in [-0.39, 0.29) is 13.2 Å². The molecule has 0 spiro atoms. The second kappa shape index (κ2) is 6.43. The lowest BCUT2D eigenvalue weighted by molar-refractivity contribution is 0.280. The summed E-state index contributed by atoms with van der Waals surface area (Å²) in [6.07, 6.45) is 1.03. The molecule has 3 heteroatoms. The minimum absolute atomic E-state index is 0.0435. The van der Waals surface area contributed by atoms with Crippen LogP contribution in [0.5, 0.6) is 0 Å². The lowest BCUT2D eigenvalue weighted by atomic mass is 10.1. The smallest absolute Gasteiger partial charge is 0.0702 e. The van der Waals surface area contributed by atoms with Crippen LogP contribution in [0.15, 0.2) is 24.3 Å². The molecule has 2 N–H and O–H groups in total. The standard InChI is InChI=1S/C12H19NO2/c1-2-7-13(8-9-14)12-6-4-3-5-11(12)10-15/h3-6,14-15H,2,7-10H2,1H3. The van der Waals surface area contributed by atoms with Crippen LogP contribution in [0.25, 0.3) is 0 Å². The van der Waals surface area contributed by atoms with Crippen LogP contribution in [-0.2, 0) is 6.61 Å². The van der Waals surface area contributed by atoms with E-state index in [1.54, 1.807) is 0 Å². The molecule has 0 aliphatic rings. The number of para-hydroxylation sites is 1. The topological polar surface area (TPSA) is 43.7 Å². The lowest BCUT2D eigenvalue weighted by Gasteiger charge is -2.25. The number of rotatable bonds is 6. The molecule has 1 aromatic rings. The van der Waals surface area contributed by atoms with Crippen molar-refractivity contribution in [2.45, 2.75) is 20.0 Å². The Labute approximate surface area is 91.0 Å². The Morgan fingerprint density at radius 3 is 2.47 bits per heavy atom. The minimum Gasteiger partial charge on any atom is -0.395 e. The van der Waals surface area contributed by atoms with Gasteiger partial charge in [-0.15, -0.1) is 0 Å². The van der Waals surface area contributed by atoms with E-state index in [4.69, 9.17) is 5.11 Å². The van der Waals surface area contributed by atoms with Crippen LogP contribution in [-0.4, -0.2) is 29.9 Å². The first-order valence-electron chi connectivity index (χ1n) is 5.38. The zero-order valence-electron chi connectivity index (χ0n) is 9.19. The third kappa shape index (κ3) is 3.22. The van der Waals surface area contributed by atoms with E-state index in [0.29, 0.717) is 6.54 Å². The molecule has 0 aliphatic heterocycles. The molecule has 1 rings (SSSR count). The average Bonchev–Trinajstić information content (AvgIpc) is 2.29. The average molecular weight is 209 g/mol. The molecule has 0 saturated carbocycles. The largest absolute Gasteiger partial charge is 0.395 e. The van der Waals surface area contributed by atoms with Crippen LogP contribution in [0.1, 0.15) is 18.9 Å². The van der Waals surface area contributed by atoms with E-state index in [1.807, 2.05) is 24.3 Å². The van der Waals surface area contributed by atoms with Gasteiger partial charge in [-0.25, -0.2) is 0 Å². The second-order valence-corrected chi connectivity index (χ2v) is 3.50. The first-order chi connectivity index (χ1) is 7.33. The van der Waals surface area contributed by atoms with E-state index in [0.717, 1.165) is 24.2 Å². The molecule has 0 radical (unpaired) electrons. The van der Waals surface area contributed by atoms with Crippen molar-refractivity contribution in [2.24, 2.45) is 0 Å².